The zero-order valence-corrected chi connectivity index (χ0v) is 9.59. The van der Waals surface area contributed by atoms with Crippen molar-refractivity contribution in [2.75, 3.05) is 5.32 Å². The molecule has 0 radical (unpaired) electrons. The number of benzene rings is 2. The van der Waals surface area contributed by atoms with Crippen molar-refractivity contribution in [2.24, 2.45) is 0 Å². The Labute approximate surface area is 104 Å². The van der Waals surface area contributed by atoms with E-state index in [9.17, 15) is 9.59 Å². The number of Topliss-reactive ketones (excluding diaryl/α,β-unsaturated/α-hetero) is 2. The minimum absolute atomic E-state index is 0.153. The summed E-state index contributed by atoms with van der Waals surface area (Å²) >= 11 is 0. The molecule has 0 atom stereocenters. The Balaban J connectivity index is 1.93. The maximum atomic E-state index is 12.1. The molecule has 0 amide bonds. The fourth-order valence-corrected chi connectivity index (χ4v) is 2.18. The highest BCUT2D eigenvalue weighted by atomic mass is 16.2. The van der Waals surface area contributed by atoms with Crippen LogP contribution in [-0.2, 0) is 0 Å². The molecule has 1 aliphatic rings. The van der Waals surface area contributed by atoms with E-state index in [1.165, 1.54) is 0 Å². The van der Waals surface area contributed by atoms with E-state index in [0.29, 0.717) is 11.1 Å². The van der Waals surface area contributed by atoms with Crippen LogP contribution in [0.2, 0.25) is 0 Å². The zero-order valence-electron chi connectivity index (χ0n) is 9.59. The van der Waals surface area contributed by atoms with Crippen LogP contribution in [0.5, 0.6) is 0 Å². The number of carbonyl (C=O) groups excluding carboxylic acids is 2. The van der Waals surface area contributed by atoms with Crippen LogP contribution in [0.25, 0.3) is 0 Å². The van der Waals surface area contributed by atoms with Gasteiger partial charge in [0.15, 0.2) is 17.6 Å². The van der Waals surface area contributed by atoms with Gasteiger partial charge < -0.3 is 5.32 Å². The summed E-state index contributed by atoms with van der Waals surface area (Å²) in [5.41, 5.74) is 1.80. The molecule has 0 aliphatic heterocycles. The molecule has 0 aromatic heterocycles. The molecular weight excluding hydrogens is 226 g/mol. The van der Waals surface area contributed by atoms with Crippen molar-refractivity contribution in [2.45, 2.75) is 6.04 Å². The number of ketones is 2. The molecule has 0 fully saturated rings. The minimum Gasteiger partial charge on any atom is -0.369 e. The first-order chi connectivity index (χ1) is 8.77. The van der Waals surface area contributed by atoms with Crippen LogP contribution in [-0.4, -0.2) is 17.6 Å². The average Bonchev–Trinajstić information content (AvgIpc) is 2.66. The molecule has 0 heterocycles. The van der Waals surface area contributed by atoms with Crippen molar-refractivity contribution in [3.05, 3.63) is 65.7 Å². The monoisotopic (exact) mass is 237 g/mol. The summed E-state index contributed by atoms with van der Waals surface area (Å²) in [5.74, 6) is -0.307. The summed E-state index contributed by atoms with van der Waals surface area (Å²) in [5, 5.41) is 2.99. The number of para-hydroxylation sites is 1. The van der Waals surface area contributed by atoms with Gasteiger partial charge in [-0.05, 0) is 12.1 Å². The molecule has 1 N–H and O–H groups in total. The molecule has 3 rings (SSSR count). The van der Waals surface area contributed by atoms with Gasteiger partial charge in [-0.3, -0.25) is 9.59 Å². The maximum Gasteiger partial charge on any atom is 0.193 e. The number of nitrogens with one attached hydrogen (secondary N) is 1. The van der Waals surface area contributed by atoms with E-state index in [1.54, 1.807) is 24.3 Å². The summed E-state index contributed by atoms with van der Waals surface area (Å²) in [4.78, 5) is 24.3. The van der Waals surface area contributed by atoms with E-state index < -0.39 is 6.04 Å². The first-order valence-electron chi connectivity index (χ1n) is 5.76. The van der Waals surface area contributed by atoms with Gasteiger partial charge >= 0.3 is 0 Å². The van der Waals surface area contributed by atoms with Crippen molar-refractivity contribution in [3.63, 3.8) is 0 Å². The predicted octanol–water partition coefficient (Wildman–Crippen LogP) is 2.55. The van der Waals surface area contributed by atoms with Gasteiger partial charge in [0, 0.05) is 16.8 Å². The van der Waals surface area contributed by atoms with Gasteiger partial charge in [-0.1, -0.05) is 42.5 Å². The van der Waals surface area contributed by atoms with Gasteiger partial charge in [-0.2, -0.15) is 0 Å². The predicted molar refractivity (Wildman–Crippen MR) is 69.0 cm³/mol. The SMILES string of the molecule is O=C1c2ccccc2C(=O)C1Nc1ccccc1. The van der Waals surface area contributed by atoms with Crippen molar-refractivity contribution >= 4 is 17.3 Å². The molecule has 0 spiro atoms. The second-order valence-corrected chi connectivity index (χ2v) is 4.22. The van der Waals surface area contributed by atoms with Crippen LogP contribution in [0.3, 0.4) is 0 Å². The number of fused-ring (bicyclic) bond motifs is 1. The molecule has 2 aromatic rings. The molecule has 0 saturated heterocycles. The summed E-state index contributed by atoms with van der Waals surface area (Å²) in [6, 6.07) is 15.4. The number of hydrogen-bond donors (Lipinski definition) is 1. The highest BCUT2D eigenvalue weighted by molar-refractivity contribution is 6.30. The molecule has 0 saturated carbocycles. The standard InChI is InChI=1S/C15H11NO2/c17-14-11-8-4-5-9-12(11)15(18)13(14)16-10-6-2-1-3-7-10/h1-9,13,16H. The topological polar surface area (TPSA) is 46.2 Å². The van der Waals surface area contributed by atoms with Gasteiger partial charge in [0.25, 0.3) is 0 Å². The van der Waals surface area contributed by atoms with Gasteiger partial charge in [0.1, 0.15) is 0 Å². The summed E-state index contributed by atoms with van der Waals surface area (Å²) < 4.78 is 0. The van der Waals surface area contributed by atoms with Crippen LogP contribution in [0.15, 0.2) is 54.6 Å². The van der Waals surface area contributed by atoms with Crippen molar-refractivity contribution in [3.8, 4) is 0 Å². The molecule has 3 nitrogen and oxygen atoms in total. The van der Waals surface area contributed by atoms with Crippen LogP contribution in [0.4, 0.5) is 5.69 Å². The van der Waals surface area contributed by atoms with E-state index in [4.69, 9.17) is 0 Å². The van der Waals surface area contributed by atoms with E-state index in [-0.39, 0.29) is 11.6 Å². The Bertz CT molecular complexity index is 584. The molecule has 18 heavy (non-hydrogen) atoms. The quantitative estimate of drug-likeness (QED) is 0.816. The second-order valence-electron chi connectivity index (χ2n) is 4.22. The van der Waals surface area contributed by atoms with Crippen molar-refractivity contribution < 1.29 is 9.59 Å². The first-order valence-corrected chi connectivity index (χ1v) is 5.76. The molecule has 3 heteroatoms. The normalized spacial score (nSPS) is 14.7. The second kappa shape index (κ2) is 4.11. The van der Waals surface area contributed by atoms with Crippen LogP contribution >= 0.6 is 0 Å². The third kappa shape index (κ3) is 1.61. The van der Waals surface area contributed by atoms with Gasteiger partial charge in [-0.25, -0.2) is 0 Å². The first kappa shape index (κ1) is 10.7. The summed E-state index contributed by atoms with van der Waals surface area (Å²) in [7, 11) is 0. The molecule has 0 unspecified atom stereocenters. The fourth-order valence-electron chi connectivity index (χ4n) is 2.18. The van der Waals surface area contributed by atoms with Crippen LogP contribution in [0, 0.1) is 0 Å². The Morgan fingerprint density at radius 3 is 1.78 bits per heavy atom. The Kier molecular flexibility index (Phi) is 2.45. The number of hydrogen-bond acceptors (Lipinski definition) is 3. The smallest absolute Gasteiger partial charge is 0.193 e. The summed E-state index contributed by atoms with van der Waals surface area (Å²) in [6.07, 6.45) is 0. The Hall–Kier alpha value is -2.42. The molecular formula is C15H11NO2. The lowest BCUT2D eigenvalue weighted by Crippen LogP contribution is -2.31. The largest absolute Gasteiger partial charge is 0.369 e. The van der Waals surface area contributed by atoms with Crippen molar-refractivity contribution in [1.82, 2.24) is 0 Å². The number of rotatable bonds is 2. The highest BCUT2D eigenvalue weighted by Gasteiger charge is 2.37. The van der Waals surface area contributed by atoms with E-state index in [2.05, 4.69) is 5.32 Å². The molecule has 1 aliphatic carbocycles. The zero-order chi connectivity index (χ0) is 12.5. The highest BCUT2D eigenvalue weighted by Crippen LogP contribution is 2.24. The minimum atomic E-state index is -0.787. The molecule has 88 valence electrons. The molecule has 0 bridgehead atoms. The maximum absolute atomic E-state index is 12.1. The van der Waals surface area contributed by atoms with Crippen LogP contribution < -0.4 is 5.32 Å². The average molecular weight is 237 g/mol. The van der Waals surface area contributed by atoms with E-state index in [0.717, 1.165) is 5.69 Å². The van der Waals surface area contributed by atoms with Gasteiger partial charge in [0.05, 0.1) is 0 Å². The summed E-state index contributed by atoms with van der Waals surface area (Å²) in [6.45, 7) is 0. The third-order valence-electron chi connectivity index (χ3n) is 3.07. The lowest BCUT2D eigenvalue weighted by atomic mass is 10.1. The Morgan fingerprint density at radius 1 is 0.722 bits per heavy atom. The van der Waals surface area contributed by atoms with E-state index in [1.807, 2.05) is 30.3 Å². The third-order valence-corrected chi connectivity index (χ3v) is 3.07. The molecule has 2 aromatic carbocycles. The fraction of sp³-hybridized carbons (Fsp3) is 0.0667. The lowest BCUT2D eigenvalue weighted by molar-refractivity contribution is 0.0904. The van der Waals surface area contributed by atoms with Gasteiger partial charge in [0.2, 0.25) is 0 Å². The van der Waals surface area contributed by atoms with Gasteiger partial charge in [-0.15, -0.1) is 0 Å². The number of anilines is 1. The van der Waals surface area contributed by atoms with Crippen LogP contribution in [0.1, 0.15) is 20.7 Å². The van der Waals surface area contributed by atoms with E-state index >= 15 is 0 Å². The Morgan fingerprint density at radius 2 is 1.22 bits per heavy atom. The van der Waals surface area contributed by atoms with Crippen molar-refractivity contribution in [1.29, 1.82) is 0 Å². The number of carbonyl (C=O) groups is 2. The lowest BCUT2D eigenvalue weighted by Gasteiger charge is -2.10.